The first-order valence-electron chi connectivity index (χ1n) is 5.76. The summed E-state index contributed by atoms with van der Waals surface area (Å²) >= 11 is 6.06. The van der Waals surface area contributed by atoms with Crippen molar-refractivity contribution in [2.45, 2.75) is 12.0 Å². The van der Waals surface area contributed by atoms with Crippen molar-refractivity contribution in [2.75, 3.05) is 6.61 Å². The highest BCUT2D eigenvalue weighted by Crippen LogP contribution is 2.36. The second-order valence-electron chi connectivity index (χ2n) is 4.32. The van der Waals surface area contributed by atoms with Crippen molar-refractivity contribution < 1.29 is 4.74 Å². The monoisotopic (exact) mass is 244 g/mol. The van der Waals surface area contributed by atoms with Gasteiger partial charge in [-0.25, -0.2) is 0 Å². The Morgan fingerprint density at radius 1 is 1.00 bits per heavy atom. The summed E-state index contributed by atoms with van der Waals surface area (Å²) in [6.45, 7) is 0.839. The number of hydrogen-bond donors (Lipinski definition) is 0. The van der Waals surface area contributed by atoms with Gasteiger partial charge in [0.2, 0.25) is 0 Å². The minimum Gasteiger partial charge on any atom is -0.372 e. The standard InChI is InChI=1S/C15H13ClO/c16-13-8-4-7-12(9-13)15(14-10-17-14)11-5-2-1-3-6-11/h1-9,14-15H,10H2/t14-,15+/m1/s1. The molecular formula is C15H13ClO. The fraction of sp³-hybridized carbons (Fsp3) is 0.200. The van der Waals surface area contributed by atoms with E-state index in [2.05, 4.69) is 30.3 Å². The highest BCUT2D eigenvalue weighted by molar-refractivity contribution is 6.30. The van der Waals surface area contributed by atoms with Crippen LogP contribution in [0.5, 0.6) is 0 Å². The Kier molecular flexibility index (Phi) is 2.87. The van der Waals surface area contributed by atoms with Crippen molar-refractivity contribution in [3.63, 3.8) is 0 Å². The largest absolute Gasteiger partial charge is 0.372 e. The molecule has 2 atom stereocenters. The molecule has 1 saturated heterocycles. The molecule has 1 fully saturated rings. The van der Waals surface area contributed by atoms with Gasteiger partial charge in [-0.2, -0.15) is 0 Å². The Balaban J connectivity index is 2.01. The molecule has 1 nitrogen and oxygen atoms in total. The van der Waals surface area contributed by atoms with Gasteiger partial charge < -0.3 is 4.74 Å². The van der Waals surface area contributed by atoms with Crippen LogP contribution in [0.3, 0.4) is 0 Å². The third-order valence-corrected chi connectivity index (χ3v) is 3.33. The maximum Gasteiger partial charge on any atom is 0.0918 e. The maximum absolute atomic E-state index is 6.06. The zero-order valence-electron chi connectivity index (χ0n) is 9.34. The molecule has 0 aromatic heterocycles. The molecule has 1 aliphatic heterocycles. The molecular weight excluding hydrogens is 232 g/mol. The van der Waals surface area contributed by atoms with Crippen LogP contribution in [0.1, 0.15) is 17.0 Å². The summed E-state index contributed by atoms with van der Waals surface area (Å²) in [7, 11) is 0. The predicted molar refractivity (Wildman–Crippen MR) is 69.5 cm³/mol. The lowest BCUT2D eigenvalue weighted by Crippen LogP contribution is -2.08. The average molecular weight is 245 g/mol. The van der Waals surface area contributed by atoms with Crippen LogP contribution in [0, 0.1) is 0 Å². The Hall–Kier alpha value is -1.31. The SMILES string of the molecule is Clc1cccc([C@H](c2ccccc2)[C@H]2CO2)c1. The fourth-order valence-electron chi connectivity index (χ4n) is 2.23. The molecule has 0 amide bonds. The third-order valence-electron chi connectivity index (χ3n) is 3.10. The molecule has 2 heteroatoms. The van der Waals surface area contributed by atoms with Crippen molar-refractivity contribution >= 4 is 11.6 Å². The summed E-state index contributed by atoms with van der Waals surface area (Å²) in [6, 6.07) is 18.5. The van der Waals surface area contributed by atoms with Gasteiger partial charge in [0.05, 0.1) is 12.7 Å². The number of ether oxygens (including phenoxy) is 1. The van der Waals surface area contributed by atoms with E-state index in [4.69, 9.17) is 16.3 Å². The molecule has 0 radical (unpaired) electrons. The van der Waals surface area contributed by atoms with E-state index in [1.807, 2.05) is 24.3 Å². The Morgan fingerprint density at radius 3 is 2.35 bits per heavy atom. The molecule has 2 aromatic carbocycles. The van der Waals surface area contributed by atoms with Gasteiger partial charge in [-0.15, -0.1) is 0 Å². The van der Waals surface area contributed by atoms with Gasteiger partial charge in [-0.1, -0.05) is 54.1 Å². The topological polar surface area (TPSA) is 12.5 Å². The third kappa shape index (κ3) is 2.36. The van der Waals surface area contributed by atoms with Gasteiger partial charge >= 0.3 is 0 Å². The van der Waals surface area contributed by atoms with Crippen LogP contribution < -0.4 is 0 Å². The van der Waals surface area contributed by atoms with E-state index >= 15 is 0 Å². The first kappa shape index (κ1) is 10.8. The van der Waals surface area contributed by atoms with Crippen LogP contribution in [0.4, 0.5) is 0 Å². The fourth-order valence-corrected chi connectivity index (χ4v) is 2.43. The van der Waals surface area contributed by atoms with E-state index in [0.717, 1.165) is 11.6 Å². The van der Waals surface area contributed by atoms with Gasteiger partial charge in [-0.3, -0.25) is 0 Å². The number of epoxide rings is 1. The molecule has 0 aliphatic carbocycles. The minimum atomic E-state index is 0.301. The zero-order valence-corrected chi connectivity index (χ0v) is 10.1. The number of benzene rings is 2. The second kappa shape index (κ2) is 4.52. The average Bonchev–Trinajstić information content (AvgIpc) is 3.15. The Morgan fingerprint density at radius 2 is 1.71 bits per heavy atom. The maximum atomic E-state index is 6.06. The normalized spacial score (nSPS) is 19.9. The predicted octanol–water partition coefficient (Wildman–Crippen LogP) is 3.87. The van der Waals surface area contributed by atoms with Crippen LogP contribution in [0.15, 0.2) is 54.6 Å². The van der Waals surface area contributed by atoms with Crippen LogP contribution in [0.25, 0.3) is 0 Å². The Bertz CT molecular complexity index is 505. The van der Waals surface area contributed by atoms with Crippen LogP contribution in [-0.2, 0) is 4.74 Å². The lowest BCUT2D eigenvalue weighted by molar-refractivity contribution is 0.389. The van der Waals surface area contributed by atoms with Crippen molar-refractivity contribution in [1.29, 1.82) is 0 Å². The summed E-state index contributed by atoms with van der Waals surface area (Å²) in [5.74, 6) is 0.301. The molecule has 17 heavy (non-hydrogen) atoms. The van der Waals surface area contributed by atoms with Gasteiger partial charge in [0.1, 0.15) is 0 Å². The van der Waals surface area contributed by atoms with Crippen LogP contribution in [0.2, 0.25) is 5.02 Å². The van der Waals surface area contributed by atoms with Gasteiger partial charge in [0.15, 0.2) is 0 Å². The molecule has 3 rings (SSSR count). The van der Waals surface area contributed by atoms with Crippen molar-refractivity contribution in [1.82, 2.24) is 0 Å². The zero-order chi connectivity index (χ0) is 11.7. The molecule has 0 unspecified atom stereocenters. The van der Waals surface area contributed by atoms with Gasteiger partial charge in [0.25, 0.3) is 0 Å². The molecule has 86 valence electrons. The number of halogens is 1. The van der Waals surface area contributed by atoms with E-state index in [1.165, 1.54) is 11.1 Å². The number of rotatable bonds is 3. The van der Waals surface area contributed by atoms with E-state index in [9.17, 15) is 0 Å². The lowest BCUT2D eigenvalue weighted by atomic mass is 9.89. The van der Waals surface area contributed by atoms with Crippen LogP contribution in [-0.4, -0.2) is 12.7 Å². The number of hydrogen-bond acceptors (Lipinski definition) is 1. The van der Waals surface area contributed by atoms with Crippen molar-refractivity contribution in [3.05, 3.63) is 70.7 Å². The summed E-state index contributed by atoms with van der Waals surface area (Å²) in [5.41, 5.74) is 2.52. The van der Waals surface area contributed by atoms with E-state index in [1.54, 1.807) is 0 Å². The highest BCUT2D eigenvalue weighted by atomic mass is 35.5. The first-order valence-corrected chi connectivity index (χ1v) is 6.14. The first-order chi connectivity index (χ1) is 8.34. The Labute approximate surface area is 106 Å². The van der Waals surface area contributed by atoms with E-state index < -0.39 is 0 Å². The minimum absolute atomic E-state index is 0.301. The summed E-state index contributed by atoms with van der Waals surface area (Å²) in [5, 5.41) is 0.782. The quantitative estimate of drug-likeness (QED) is 0.747. The smallest absolute Gasteiger partial charge is 0.0918 e. The van der Waals surface area contributed by atoms with E-state index in [0.29, 0.717) is 12.0 Å². The molecule has 1 aliphatic rings. The van der Waals surface area contributed by atoms with E-state index in [-0.39, 0.29) is 0 Å². The van der Waals surface area contributed by atoms with Crippen molar-refractivity contribution in [2.24, 2.45) is 0 Å². The van der Waals surface area contributed by atoms with Crippen LogP contribution >= 0.6 is 11.6 Å². The van der Waals surface area contributed by atoms with Gasteiger partial charge in [0, 0.05) is 10.9 Å². The summed E-state index contributed by atoms with van der Waals surface area (Å²) in [6.07, 6.45) is 0.302. The lowest BCUT2D eigenvalue weighted by Gasteiger charge is -2.15. The molecule has 0 bridgehead atoms. The molecule has 0 N–H and O–H groups in total. The molecule has 2 aromatic rings. The second-order valence-corrected chi connectivity index (χ2v) is 4.75. The summed E-state index contributed by atoms with van der Waals surface area (Å²) < 4.78 is 5.48. The molecule has 0 saturated carbocycles. The molecule has 1 heterocycles. The van der Waals surface area contributed by atoms with Crippen molar-refractivity contribution in [3.8, 4) is 0 Å². The molecule has 0 spiro atoms. The van der Waals surface area contributed by atoms with Gasteiger partial charge in [-0.05, 0) is 23.3 Å². The summed E-state index contributed by atoms with van der Waals surface area (Å²) in [4.78, 5) is 0. The highest BCUT2D eigenvalue weighted by Gasteiger charge is 2.34.